The largest absolute Gasteiger partial charge is 0.373 e. The molecule has 0 radical (unpaired) electrons. The standard InChI is InChI=1S/C11H24N2O3S/c1-5-11(6-2)12-17(14,15)13-7-9(3)16-10(4)8-13/h9-12H,5-8H2,1-4H3. The maximum Gasteiger partial charge on any atom is 0.279 e. The molecule has 2 atom stereocenters. The zero-order chi connectivity index (χ0) is 13.1. The number of nitrogens with one attached hydrogen (secondary N) is 1. The van der Waals surface area contributed by atoms with Crippen LogP contribution in [0.5, 0.6) is 0 Å². The van der Waals surface area contributed by atoms with E-state index in [1.54, 1.807) is 0 Å². The summed E-state index contributed by atoms with van der Waals surface area (Å²) >= 11 is 0. The number of ether oxygens (including phenoxy) is 1. The van der Waals surface area contributed by atoms with Gasteiger partial charge in [-0.2, -0.15) is 17.4 Å². The lowest BCUT2D eigenvalue weighted by Crippen LogP contribution is -2.53. The number of nitrogens with zero attached hydrogens (tertiary/aromatic N) is 1. The van der Waals surface area contributed by atoms with E-state index in [9.17, 15) is 8.42 Å². The van der Waals surface area contributed by atoms with Gasteiger partial charge in [0.15, 0.2) is 0 Å². The Morgan fingerprint density at radius 3 is 2.12 bits per heavy atom. The van der Waals surface area contributed by atoms with Gasteiger partial charge in [0.25, 0.3) is 10.2 Å². The number of hydrogen-bond donors (Lipinski definition) is 1. The van der Waals surface area contributed by atoms with E-state index in [1.165, 1.54) is 4.31 Å². The third-order valence-corrected chi connectivity index (χ3v) is 4.64. The molecule has 1 aliphatic rings. The van der Waals surface area contributed by atoms with Gasteiger partial charge < -0.3 is 4.74 Å². The molecule has 1 heterocycles. The Morgan fingerprint density at radius 2 is 1.71 bits per heavy atom. The summed E-state index contributed by atoms with van der Waals surface area (Å²) in [6.07, 6.45) is 1.53. The Balaban J connectivity index is 2.69. The third-order valence-electron chi connectivity index (χ3n) is 3.03. The average molecular weight is 264 g/mol. The van der Waals surface area contributed by atoms with Gasteiger partial charge >= 0.3 is 0 Å². The molecular weight excluding hydrogens is 240 g/mol. The number of hydrogen-bond acceptors (Lipinski definition) is 3. The van der Waals surface area contributed by atoms with Crippen molar-refractivity contribution in [1.29, 1.82) is 0 Å². The lowest BCUT2D eigenvalue weighted by Gasteiger charge is -2.35. The lowest BCUT2D eigenvalue weighted by atomic mass is 10.2. The first-order valence-corrected chi connectivity index (χ1v) is 7.75. The topological polar surface area (TPSA) is 58.6 Å². The molecule has 1 saturated heterocycles. The van der Waals surface area contributed by atoms with Crippen molar-refractivity contribution in [3.63, 3.8) is 0 Å². The summed E-state index contributed by atoms with van der Waals surface area (Å²) in [7, 11) is -3.37. The minimum absolute atomic E-state index is 0.0217. The molecule has 0 aromatic heterocycles. The minimum Gasteiger partial charge on any atom is -0.373 e. The second-order valence-electron chi connectivity index (χ2n) is 4.71. The molecule has 1 rings (SSSR count). The first kappa shape index (κ1) is 14.9. The SMILES string of the molecule is CCC(CC)NS(=O)(=O)N1CC(C)OC(C)C1. The molecule has 1 fully saturated rings. The van der Waals surface area contributed by atoms with E-state index in [4.69, 9.17) is 4.74 Å². The molecule has 17 heavy (non-hydrogen) atoms. The Kier molecular flexibility index (Phi) is 5.37. The fourth-order valence-corrected chi connectivity index (χ4v) is 3.78. The van der Waals surface area contributed by atoms with Crippen LogP contribution in [0.4, 0.5) is 0 Å². The van der Waals surface area contributed by atoms with Crippen LogP contribution >= 0.6 is 0 Å². The predicted octanol–water partition coefficient (Wildman–Crippen LogP) is 1.12. The van der Waals surface area contributed by atoms with Crippen molar-refractivity contribution in [2.75, 3.05) is 13.1 Å². The third kappa shape index (κ3) is 4.21. The van der Waals surface area contributed by atoms with Crippen molar-refractivity contribution in [2.24, 2.45) is 0 Å². The van der Waals surface area contributed by atoms with Gasteiger partial charge in [-0.15, -0.1) is 0 Å². The molecule has 0 bridgehead atoms. The molecule has 0 aromatic rings. The van der Waals surface area contributed by atoms with E-state index >= 15 is 0 Å². The van der Waals surface area contributed by atoms with Crippen molar-refractivity contribution in [1.82, 2.24) is 9.03 Å². The summed E-state index contributed by atoms with van der Waals surface area (Å²) < 4.78 is 34.1. The van der Waals surface area contributed by atoms with E-state index in [0.717, 1.165) is 12.8 Å². The van der Waals surface area contributed by atoms with Crippen LogP contribution in [0.25, 0.3) is 0 Å². The highest BCUT2D eigenvalue weighted by molar-refractivity contribution is 7.87. The van der Waals surface area contributed by atoms with E-state index in [1.807, 2.05) is 27.7 Å². The molecule has 0 aromatic carbocycles. The van der Waals surface area contributed by atoms with Gasteiger partial charge in [0.1, 0.15) is 0 Å². The monoisotopic (exact) mass is 264 g/mol. The fraction of sp³-hybridized carbons (Fsp3) is 1.00. The Labute approximate surface area is 105 Å². The Morgan fingerprint density at radius 1 is 1.24 bits per heavy atom. The first-order valence-electron chi connectivity index (χ1n) is 6.31. The molecule has 2 unspecified atom stereocenters. The van der Waals surface area contributed by atoms with Crippen LogP contribution in [0.2, 0.25) is 0 Å². The van der Waals surface area contributed by atoms with Crippen LogP contribution in [-0.4, -0.2) is 44.1 Å². The smallest absolute Gasteiger partial charge is 0.279 e. The summed E-state index contributed by atoms with van der Waals surface area (Å²) in [4.78, 5) is 0. The summed E-state index contributed by atoms with van der Waals surface area (Å²) in [5.41, 5.74) is 0. The van der Waals surface area contributed by atoms with Crippen LogP contribution < -0.4 is 4.72 Å². The van der Waals surface area contributed by atoms with Crippen LogP contribution in [-0.2, 0) is 14.9 Å². The van der Waals surface area contributed by atoms with Crippen LogP contribution in [0.3, 0.4) is 0 Å². The average Bonchev–Trinajstić information content (AvgIpc) is 2.24. The number of morpholine rings is 1. The van der Waals surface area contributed by atoms with Crippen molar-refractivity contribution in [3.05, 3.63) is 0 Å². The highest BCUT2D eigenvalue weighted by Gasteiger charge is 2.31. The molecule has 0 aliphatic carbocycles. The van der Waals surface area contributed by atoms with Crippen LogP contribution in [0, 0.1) is 0 Å². The zero-order valence-corrected chi connectivity index (χ0v) is 12.0. The minimum atomic E-state index is -3.37. The summed E-state index contributed by atoms with van der Waals surface area (Å²) in [5.74, 6) is 0. The molecule has 1 N–H and O–H groups in total. The Hall–Kier alpha value is -0.170. The second kappa shape index (κ2) is 6.13. The van der Waals surface area contributed by atoms with E-state index in [-0.39, 0.29) is 18.2 Å². The molecule has 0 saturated carbocycles. The maximum atomic E-state index is 12.2. The first-order chi connectivity index (χ1) is 7.89. The van der Waals surface area contributed by atoms with Crippen molar-refractivity contribution in [3.8, 4) is 0 Å². The van der Waals surface area contributed by atoms with Gasteiger partial charge in [0.05, 0.1) is 12.2 Å². The summed E-state index contributed by atoms with van der Waals surface area (Å²) in [6, 6.07) is 0.0217. The van der Waals surface area contributed by atoms with Crippen molar-refractivity contribution >= 4 is 10.2 Å². The molecule has 0 spiro atoms. The van der Waals surface area contributed by atoms with E-state index < -0.39 is 10.2 Å². The van der Waals surface area contributed by atoms with Gasteiger partial charge in [-0.3, -0.25) is 0 Å². The molecule has 0 amide bonds. The lowest BCUT2D eigenvalue weighted by molar-refractivity contribution is -0.0444. The zero-order valence-electron chi connectivity index (χ0n) is 11.1. The summed E-state index contributed by atoms with van der Waals surface area (Å²) in [6.45, 7) is 8.63. The summed E-state index contributed by atoms with van der Waals surface area (Å²) in [5, 5.41) is 0. The van der Waals surface area contributed by atoms with Crippen molar-refractivity contribution in [2.45, 2.75) is 58.8 Å². The van der Waals surface area contributed by atoms with E-state index in [0.29, 0.717) is 13.1 Å². The van der Waals surface area contributed by atoms with Gasteiger partial charge in [-0.1, -0.05) is 13.8 Å². The molecule has 6 heteroatoms. The highest BCUT2D eigenvalue weighted by atomic mass is 32.2. The van der Waals surface area contributed by atoms with E-state index in [2.05, 4.69) is 4.72 Å². The number of rotatable bonds is 5. The van der Waals surface area contributed by atoms with Gasteiger partial charge in [-0.05, 0) is 26.7 Å². The quantitative estimate of drug-likeness (QED) is 0.809. The predicted molar refractivity (Wildman–Crippen MR) is 68.0 cm³/mol. The van der Waals surface area contributed by atoms with Gasteiger partial charge in [-0.25, -0.2) is 0 Å². The van der Waals surface area contributed by atoms with Crippen LogP contribution in [0.1, 0.15) is 40.5 Å². The van der Waals surface area contributed by atoms with Gasteiger partial charge in [0.2, 0.25) is 0 Å². The molecular formula is C11H24N2O3S. The molecule has 1 aliphatic heterocycles. The van der Waals surface area contributed by atoms with Crippen molar-refractivity contribution < 1.29 is 13.2 Å². The second-order valence-corrected chi connectivity index (χ2v) is 6.41. The molecule has 5 nitrogen and oxygen atoms in total. The highest BCUT2D eigenvalue weighted by Crippen LogP contribution is 2.14. The fourth-order valence-electron chi connectivity index (χ4n) is 2.07. The normalized spacial score (nSPS) is 27.6. The molecule has 102 valence electrons. The Bertz CT molecular complexity index is 318. The van der Waals surface area contributed by atoms with Crippen LogP contribution in [0.15, 0.2) is 0 Å². The maximum absolute atomic E-state index is 12.2. The van der Waals surface area contributed by atoms with Gasteiger partial charge in [0, 0.05) is 19.1 Å².